The number of hydrogen-bond acceptors (Lipinski definition) is 5. The summed E-state index contributed by atoms with van der Waals surface area (Å²) in [6, 6.07) is 6.67. The van der Waals surface area contributed by atoms with Crippen molar-refractivity contribution in [2.45, 2.75) is 32.7 Å². The lowest BCUT2D eigenvalue weighted by Gasteiger charge is -2.19. The molecular formula is C22H29FN2O5. The summed E-state index contributed by atoms with van der Waals surface area (Å²) in [5.74, 6) is 0.823. The lowest BCUT2D eigenvalue weighted by molar-refractivity contribution is 0.224. The van der Waals surface area contributed by atoms with Gasteiger partial charge in [0.15, 0.2) is 11.5 Å². The first-order valence-corrected chi connectivity index (χ1v) is 9.81. The van der Waals surface area contributed by atoms with Crippen LogP contribution in [0.2, 0.25) is 0 Å². The molecule has 0 aliphatic rings. The number of aromatic hydroxyl groups is 1. The number of hydrogen-bond donors (Lipinski definition) is 4. The molecule has 0 aromatic heterocycles. The van der Waals surface area contributed by atoms with Crippen molar-refractivity contribution in [2.24, 2.45) is 5.92 Å². The fraction of sp³-hybridized carbons (Fsp3) is 0.409. The smallest absolute Gasteiger partial charge is 0.319 e. The third kappa shape index (κ3) is 6.81. The monoisotopic (exact) mass is 420 g/mol. The normalized spacial score (nSPS) is 11.8. The van der Waals surface area contributed by atoms with E-state index in [1.54, 1.807) is 18.2 Å². The van der Waals surface area contributed by atoms with E-state index in [-0.39, 0.29) is 11.3 Å². The van der Waals surface area contributed by atoms with Crippen LogP contribution in [0.5, 0.6) is 17.2 Å². The summed E-state index contributed by atoms with van der Waals surface area (Å²) >= 11 is 0. The number of aliphatic hydroxyl groups excluding tert-OH is 1. The average Bonchev–Trinajstić information content (AvgIpc) is 2.71. The van der Waals surface area contributed by atoms with Crippen LogP contribution in [0.25, 0.3) is 0 Å². The van der Waals surface area contributed by atoms with Gasteiger partial charge in [0, 0.05) is 17.3 Å². The molecule has 0 spiro atoms. The highest BCUT2D eigenvalue weighted by atomic mass is 19.1. The van der Waals surface area contributed by atoms with Gasteiger partial charge in [0.25, 0.3) is 0 Å². The van der Waals surface area contributed by atoms with Gasteiger partial charge >= 0.3 is 6.03 Å². The Kier molecular flexibility index (Phi) is 8.73. The van der Waals surface area contributed by atoms with Crippen molar-refractivity contribution in [3.8, 4) is 17.2 Å². The molecule has 2 aromatic carbocycles. The van der Waals surface area contributed by atoms with Crippen LogP contribution in [0.15, 0.2) is 36.4 Å². The van der Waals surface area contributed by atoms with Crippen molar-refractivity contribution >= 4 is 11.7 Å². The second kappa shape index (κ2) is 11.3. The number of aliphatic hydroxyl groups is 1. The number of ether oxygens (including phenoxy) is 2. The molecule has 164 valence electrons. The van der Waals surface area contributed by atoms with E-state index in [2.05, 4.69) is 24.5 Å². The largest absolute Gasteiger partial charge is 0.508 e. The Balaban J connectivity index is 2.04. The molecule has 0 saturated carbocycles. The lowest BCUT2D eigenvalue weighted by atomic mass is 10.1. The van der Waals surface area contributed by atoms with Crippen molar-refractivity contribution in [3.05, 3.63) is 47.8 Å². The number of anilines is 1. The van der Waals surface area contributed by atoms with Gasteiger partial charge in [-0.2, -0.15) is 0 Å². The first-order chi connectivity index (χ1) is 14.3. The molecule has 30 heavy (non-hydrogen) atoms. The predicted molar refractivity (Wildman–Crippen MR) is 113 cm³/mol. The molecule has 7 nitrogen and oxygen atoms in total. The maximum atomic E-state index is 13.5. The molecule has 0 heterocycles. The minimum absolute atomic E-state index is 0.0801. The van der Waals surface area contributed by atoms with E-state index in [0.29, 0.717) is 29.7 Å². The zero-order valence-electron chi connectivity index (χ0n) is 17.4. The van der Waals surface area contributed by atoms with Gasteiger partial charge in [-0.3, -0.25) is 0 Å². The molecule has 8 heteroatoms. The number of amides is 2. The number of phenolic OH excluding ortho intramolecular Hbond substituents is 1. The van der Waals surface area contributed by atoms with Crippen molar-refractivity contribution < 1.29 is 28.9 Å². The molecule has 0 radical (unpaired) electrons. The zero-order chi connectivity index (χ0) is 22.1. The third-order valence-corrected chi connectivity index (χ3v) is 4.46. The Hall–Kier alpha value is -3.00. The summed E-state index contributed by atoms with van der Waals surface area (Å²) < 4.78 is 24.6. The van der Waals surface area contributed by atoms with E-state index in [4.69, 9.17) is 9.47 Å². The van der Waals surface area contributed by atoms with Gasteiger partial charge < -0.3 is 30.3 Å². The van der Waals surface area contributed by atoms with E-state index >= 15 is 0 Å². The van der Waals surface area contributed by atoms with E-state index < -0.39 is 24.5 Å². The number of methoxy groups -OCH3 is 1. The summed E-state index contributed by atoms with van der Waals surface area (Å²) in [5.41, 5.74) is 0.531. The van der Waals surface area contributed by atoms with E-state index in [0.717, 1.165) is 25.0 Å². The van der Waals surface area contributed by atoms with Gasteiger partial charge in [0.05, 0.1) is 26.4 Å². The molecule has 2 rings (SSSR count). The van der Waals surface area contributed by atoms with Crippen molar-refractivity contribution in [1.82, 2.24) is 5.32 Å². The molecule has 1 unspecified atom stereocenters. The molecular weight excluding hydrogens is 391 g/mol. The number of carbonyl (C=O) groups is 1. The van der Waals surface area contributed by atoms with Crippen molar-refractivity contribution in [2.75, 3.05) is 25.6 Å². The standard InChI is InChI=1S/C22H29FN2O5/c1-14(2)5-4-10-30-21-12-16(7-9-20(21)29-3)24-22(28)25-18(13-26)17-11-15(23)6-8-19(17)27/h6-9,11-12,14,18,26-27H,4-5,10,13H2,1-3H3,(H2,24,25,28). The zero-order valence-corrected chi connectivity index (χ0v) is 17.4. The summed E-state index contributed by atoms with van der Waals surface area (Å²) in [6.07, 6.45) is 1.94. The number of phenols is 1. The van der Waals surface area contributed by atoms with Gasteiger partial charge in [-0.1, -0.05) is 13.8 Å². The maximum Gasteiger partial charge on any atom is 0.319 e. The molecule has 1 atom stereocenters. The van der Waals surface area contributed by atoms with Crippen molar-refractivity contribution in [3.63, 3.8) is 0 Å². The summed E-state index contributed by atoms with van der Waals surface area (Å²) in [5, 5.41) is 24.6. The van der Waals surface area contributed by atoms with Gasteiger partial charge in [-0.05, 0) is 49.1 Å². The second-order valence-electron chi connectivity index (χ2n) is 7.29. The topological polar surface area (TPSA) is 100 Å². The Bertz CT molecular complexity index is 844. The minimum Gasteiger partial charge on any atom is -0.508 e. The highest BCUT2D eigenvalue weighted by Crippen LogP contribution is 2.31. The highest BCUT2D eigenvalue weighted by molar-refractivity contribution is 5.90. The fourth-order valence-corrected chi connectivity index (χ4v) is 2.89. The Morgan fingerprint density at radius 1 is 1.17 bits per heavy atom. The first kappa shape index (κ1) is 23.3. The Morgan fingerprint density at radius 2 is 1.93 bits per heavy atom. The Morgan fingerprint density at radius 3 is 2.60 bits per heavy atom. The van der Waals surface area contributed by atoms with Gasteiger partial charge in [0.2, 0.25) is 0 Å². The van der Waals surface area contributed by atoms with Crippen LogP contribution < -0.4 is 20.1 Å². The quantitative estimate of drug-likeness (QED) is 0.432. The van der Waals surface area contributed by atoms with Crippen LogP contribution in [0.4, 0.5) is 14.9 Å². The van der Waals surface area contributed by atoms with E-state index in [1.165, 1.54) is 13.2 Å². The Labute approximate surface area is 175 Å². The van der Waals surface area contributed by atoms with E-state index in [1.807, 2.05) is 0 Å². The maximum absolute atomic E-state index is 13.5. The average molecular weight is 420 g/mol. The van der Waals surface area contributed by atoms with Gasteiger partial charge in [-0.25, -0.2) is 9.18 Å². The second-order valence-corrected chi connectivity index (χ2v) is 7.29. The third-order valence-electron chi connectivity index (χ3n) is 4.46. The van der Waals surface area contributed by atoms with Gasteiger partial charge in [-0.15, -0.1) is 0 Å². The highest BCUT2D eigenvalue weighted by Gasteiger charge is 2.18. The number of rotatable bonds is 10. The number of benzene rings is 2. The molecule has 2 amide bonds. The van der Waals surface area contributed by atoms with Crippen LogP contribution in [0, 0.1) is 11.7 Å². The molecule has 4 N–H and O–H groups in total. The number of carbonyl (C=O) groups excluding carboxylic acids is 1. The molecule has 0 saturated heterocycles. The fourth-order valence-electron chi connectivity index (χ4n) is 2.89. The van der Waals surface area contributed by atoms with Gasteiger partial charge in [0.1, 0.15) is 11.6 Å². The van der Waals surface area contributed by atoms with Crippen LogP contribution in [-0.4, -0.2) is 36.6 Å². The van der Waals surface area contributed by atoms with Crippen molar-refractivity contribution in [1.29, 1.82) is 0 Å². The molecule has 0 aliphatic heterocycles. The lowest BCUT2D eigenvalue weighted by Crippen LogP contribution is -2.34. The molecule has 0 fully saturated rings. The number of nitrogens with one attached hydrogen (secondary N) is 2. The van der Waals surface area contributed by atoms with Crippen LogP contribution in [0.3, 0.4) is 0 Å². The van der Waals surface area contributed by atoms with Crippen LogP contribution in [0.1, 0.15) is 38.3 Å². The number of urea groups is 1. The summed E-state index contributed by atoms with van der Waals surface area (Å²) in [6.45, 7) is 4.30. The summed E-state index contributed by atoms with van der Waals surface area (Å²) in [7, 11) is 1.54. The minimum atomic E-state index is -0.981. The van der Waals surface area contributed by atoms with E-state index in [9.17, 15) is 19.4 Å². The first-order valence-electron chi connectivity index (χ1n) is 9.81. The molecule has 2 aromatic rings. The predicted octanol–water partition coefficient (Wildman–Crippen LogP) is 4.21. The molecule has 0 bridgehead atoms. The number of halogens is 1. The summed E-state index contributed by atoms with van der Waals surface area (Å²) in [4.78, 5) is 12.4. The molecule has 0 aliphatic carbocycles. The van der Waals surface area contributed by atoms with Crippen LogP contribution >= 0.6 is 0 Å². The SMILES string of the molecule is COc1ccc(NC(=O)NC(CO)c2cc(F)ccc2O)cc1OCCCC(C)C. The van der Waals surface area contributed by atoms with Crippen LogP contribution in [-0.2, 0) is 0 Å².